The molecule has 0 amide bonds. The van der Waals surface area contributed by atoms with Crippen LogP contribution in [0.2, 0.25) is 0 Å². The predicted octanol–water partition coefficient (Wildman–Crippen LogP) is 3.60. The van der Waals surface area contributed by atoms with Crippen LogP contribution in [0.4, 0.5) is 18.9 Å². The van der Waals surface area contributed by atoms with E-state index in [1.165, 1.54) is 12.1 Å². The zero-order chi connectivity index (χ0) is 19.2. The number of benzene rings is 1. The maximum Gasteiger partial charge on any atom is 0.434 e. The highest BCUT2D eigenvalue weighted by molar-refractivity contribution is 14.0. The van der Waals surface area contributed by atoms with Gasteiger partial charge in [-0.15, -0.1) is 35.3 Å². The van der Waals surface area contributed by atoms with Crippen molar-refractivity contribution >= 4 is 47.0 Å². The van der Waals surface area contributed by atoms with E-state index in [0.29, 0.717) is 36.0 Å². The molecule has 0 saturated heterocycles. The van der Waals surface area contributed by atoms with E-state index in [0.717, 1.165) is 16.7 Å². The van der Waals surface area contributed by atoms with Crippen LogP contribution in [-0.4, -0.2) is 29.5 Å². The molecule has 0 fully saturated rings. The van der Waals surface area contributed by atoms with Crippen molar-refractivity contribution < 1.29 is 18.1 Å². The molecule has 0 spiro atoms. The van der Waals surface area contributed by atoms with E-state index in [1.54, 1.807) is 19.2 Å². The molecule has 1 aromatic carbocycles. The van der Waals surface area contributed by atoms with Crippen LogP contribution in [0, 0.1) is 10.1 Å². The highest BCUT2D eigenvalue weighted by Gasteiger charge is 2.33. The fourth-order valence-electron chi connectivity index (χ4n) is 2.03. The second-order valence-electron chi connectivity index (χ2n) is 5.15. The molecule has 0 atom stereocenters. The van der Waals surface area contributed by atoms with Crippen molar-refractivity contribution in [2.45, 2.75) is 19.1 Å². The zero-order valence-electron chi connectivity index (χ0n) is 14.1. The normalized spacial score (nSPS) is 11.6. The number of non-ortho nitro benzene ring substituents is 1. The molecule has 0 bridgehead atoms. The van der Waals surface area contributed by atoms with Crippen LogP contribution < -0.4 is 10.6 Å². The summed E-state index contributed by atoms with van der Waals surface area (Å²) < 4.78 is 37.5. The van der Waals surface area contributed by atoms with Crippen molar-refractivity contribution in [2.75, 3.05) is 13.6 Å². The molecule has 2 rings (SSSR count). The Balaban J connectivity index is 0.00000364. The lowest BCUT2D eigenvalue weighted by Crippen LogP contribution is -2.37. The van der Waals surface area contributed by atoms with Gasteiger partial charge >= 0.3 is 6.18 Å². The molecule has 27 heavy (non-hydrogen) atoms. The number of alkyl halides is 3. The van der Waals surface area contributed by atoms with Gasteiger partial charge in [-0.1, -0.05) is 12.1 Å². The van der Waals surface area contributed by atoms with Crippen LogP contribution in [0.25, 0.3) is 0 Å². The number of nitro groups is 1. The monoisotopic (exact) mass is 515 g/mol. The average Bonchev–Trinajstić information content (AvgIpc) is 3.07. The Labute approximate surface area is 174 Å². The van der Waals surface area contributed by atoms with Crippen LogP contribution in [0.15, 0.2) is 34.6 Å². The second-order valence-corrected chi connectivity index (χ2v) is 6.10. The first-order chi connectivity index (χ1) is 12.3. The van der Waals surface area contributed by atoms with Crippen molar-refractivity contribution in [1.29, 1.82) is 0 Å². The molecule has 12 heteroatoms. The molecule has 0 aliphatic carbocycles. The fraction of sp³-hybridized carbons (Fsp3) is 0.333. The smallest absolute Gasteiger partial charge is 0.356 e. The molecule has 0 aliphatic heterocycles. The Morgan fingerprint density at radius 1 is 1.37 bits per heavy atom. The van der Waals surface area contributed by atoms with Gasteiger partial charge in [0.1, 0.15) is 0 Å². The Hall–Kier alpha value is -1.96. The standard InChI is InChI=1S/C15H16F3N5O2S.HI/c1-19-14(21-8-10-3-2-4-11(7-10)23(24)25)20-6-5-13-22-12(9-26-13)15(16,17)18;/h2-4,7,9H,5-6,8H2,1H3,(H2,19,20,21);1H. The van der Waals surface area contributed by atoms with Crippen LogP contribution in [0.1, 0.15) is 16.3 Å². The molecule has 0 aliphatic rings. The van der Waals surface area contributed by atoms with Crippen molar-refractivity contribution in [2.24, 2.45) is 4.99 Å². The lowest BCUT2D eigenvalue weighted by molar-refractivity contribution is -0.384. The van der Waals surface area contributed by atoms with E-state index in [-0.39, 0.29) is 29.7 Å². The number of nitrogens with one attached hydrogen (secondary N) is 2. The van der Waals surface area contributed by atoms with Gasteiger partial charge in [0.2, 0.25) is 0 Å². The molecule has 148 valence electrons. The van der Waals surface area contributed by atoms with Crippen molar-refractivity contribution in [3.05, 3.63) is 56.0 Å². The summed E-state index contributed by atoms with van der Waals surface area (Å²) in [7, 11) is 1.55. The van der Waals surface area contributed by atoms with Gasteiger partial charge < -0.3 is 10.6 Å². The van der Waals surface area contributed by atoms with Gasteiger partial charge in [-0.2, -0.15) is 13.2 Å². The van der Waals surface area contributed by atoms with Crippen LogP contribution in [0.3, 0.4) is 0 Å². The molecule has 0 saturated carbocycles. The fourth-order valence-corrected chi connectivity index (χ4v) is 2.84. The van der Waals surface area contributed by atoms with Gasteiger partial charge in [-0.3, -0.25) is 15.1 Å². The number of thiazole rings is 1. The minimum Gasteiger partial charge on any atom is -0.356 e. The van der Waals surface area contributed by atoms with Crippen molar-refractivity contribution in [3.63, 3.8) is 0 Å². The first-order valence-corrected chi connectivity index (χ1v) is 8.37. The van der Waals surface area contributed by atoms with Gasteiger partial charge in [0, 0.05) is 44.1 Å². The molecular formula is C15H17F3IN5O2S. The van der Waals surface area contributed by atoms with E-state index in [4.69, 9.17) is 0 Å². The summed E-state index contributed by atoms with van der Waals surface area (Å²) in [6.07, 6.45) is -4.11. The first kappa shape index (κ1) is 23.1. The van der Waals surface area contributed by atoms with Gasteiger partial charge in [-0.25, -0.2) is 4.98 Å². The summed E-state index contributed by atoms with van der Waals surface area (Å²) in [6.45, 7) is 0.663. The Bertz CT molecular complexity index is 798. The second kappa shape index (κ2) is 10.4. The SMILES string of the molecule is CN=C(NCCc1nc(C(F)(F)F)cs1)NCc1cccc([N+](=O)[O-])c1.I. The number of nitrogens with zero attached hydrogens (tertiary/aromatic N) is 3. The predicted molar refractivity (Wildman–Crippen MR) is 108 cm³/mol. The highest BCUT2D eigenvalue weighted by atomic mass is 127. The summed E-state index contributed by atoms with van der Waals surface area (Å²) in [6, 6.07) is 6.18. The average molecular weight is 515 g/mol. The Morgan fingerprint density at radius 2 is 2.11 bits per heavy atom. The van der Waals surface area contributed by atoms with Crippen molar-refractivity contribution in [1.82, 2.24) is 15.6 Å². The number of hydrogen-bond donors (Lipinski definition) is 2. The van der Waals surface area contributed by atoms with Crippen LogP contribution in [-0.2, 0) is 19.1 Å². The van der Waals surface area contributed by atoms with Crippen LogP contribution in [0.5, 0.6) is 0 Å². The Morgan fingerprint density at radius 3 is 2.70 bits per heavy atom. The number of aliphatic imine (C=N–C) groups is 1. The van der Waals surface area contributed by atoms with E-state index in [9.17, 15) is 23.3 Å². The molecule has 0 unspecified atom stereocenters. The third kappa shape index (κ3) is 7.28. The first-order valence-electron chi connectivity index (χ1n) is 7.49. The molecule has 0 radical (unpaired) electrons. The van der Waals surface area contributed by atoms with E-state index >= 15 is 0 Å². The van der Waals surface area contributed by atoms with E-state index < -0.39 is 16.8 Å². The number of aromatic nitrogens is 1. The maximum atomic E-state index is 12.5. The number of guanidine groups is 1. The molecule has 2 aromatic rings. The number of nitro benzene ring substituents is 1. The summed E-state index contributed by atoms with van der Waals surface area (Å²) in [5, 5.41) is 18.1. The quantitative estimate of drug-likeness (QED) is 0.202. The molecule has 1 heterocycles. The third-order valence-corrected chi connectivity index (χ3v) is 4.19. The lowest BCUT2D eigenvalue weighted by Gasteiger charge is -2.11. The lowest BCUT2D eigenvalue weighted by atomic mass is 10.2. The van der Waals surface area contributed by atoms with Crippen molar-refractivity contribution in [3.8, 4) is 0 Å². The highest BCUT2D eigenvalue weighted by Crippen LogP contribution is 2.29. The topological polar surface area (TPSA) is 92.5 Å². The van der Waals surface area contributed by atoms with E-state index in [2.05, 4.69) is 20.6 Å². The summed E-state index contributed by atoms with van der Waals surface area (Å²) >= 11 is 0.955. The van der Waals surface area contributed by atoms with Gasteiger partial charge in [0.25, 0.3) is 5.69 Å². The molecular weight excluding hydrogens is 498 g/mol. The molecule has 7 nitrogen and oxygen atoms in total. The van der Waals surface area contributed by atoms with Gasteiger partial charge in [-0.05, 0) is 5.56 Å². The number of halogens is 4. The Kier molecular flexibility index (Phi) is 8.88. The summed E-state index contributed by atoms with van der Waals surface area (Å²) in [4.78, 5) is 17.8. The number of rotatable bonds is 6. The van der Waals surface area contributed by atoms with Gasteiger partial charge in [0.15, 0.2) is 11.7 Å². The minimum absolute atomic E-state index is 0. The van der Waals surface area contributed by atoms with Crippen LogP contribution >= 0.6 is 35.3 Å². The summed E-state index contributed by atoms with van der Waals surface area (Å²) in [5.41, 5.74) is -0.181. The van der Waals surface area contributed by atoms with E-state index in [1.807, 2.05) is 0 Å². The molecule has 1 aromatic heterocycles. The molecule has 2 N–H and O–H groups in total. The number of hydrogen-bond acceptors (Lipinski definition) is 5. The summed E-state index contributed by atoms with van der Waals surface area (Å²) in [5.74, 6) is 0.434. The maximum absolute atomic E-state index is 12.5. The largest absolute Gasteiger partial charge is 0.434 e. The minimum atomic E-state index is -4.43. The third-order valence-electron chi connectivity index (χ3n) is 3.28. The van der Waals surface area contributed by atoms with Gasteiger partial charge in [0.05, 0.1) is 9.93 Å². The zero-order valence-corrected chi connectivity index (χ0v) is 17.3.